The molecule has 3 aromatic rings. The molecule has 3 N–H and O–H groups in total. The molecule has 7 heteroatoms. The first-order valence-corrected chi connectivity index (χ1v) is 11.5. The molecule has 0 bridgehead atoms. The Hall–Kier alpha value is -2.64. The highest BCUT2D eigenvalue weighted by Gasteiger charge is 2.29. The molecular weight excluding hydrogens is 456 g/mol. The molecule has 5 rings (SSSR count). The van der Waals surface area contributed by atoms with Gasteiger partial charge in [-0.2, -0.15) is 0 Å². The van der Waals surface area contributed by atoms with Gasteiger partial charge in [-0.1, -0.05) is 39.3 Å². The van der Waals surface area contributed by atoms with Crippen molar-refractivity contribution in [2.75, 3.05) is 13.2 Å². The summed E-state index contributed by atoms with van der Waals surface area (Å²) in [4.78, 5) is 13.6. The predicted octanol–water partition coefficient (Wildman–Crippen LogP) is 5.27. The summed E-state index contributed by atoms with van der Waals surface area (Å²) >= 11 is 3.53. The number of para-hydroxylation sites is 1. The first kappa shape index (κ1) is 20.3. The lowest BCUT2D eigenvalue weighted by atomic mass is 9.91. The Morgan fingerprint density at radius 3 is 3.00 bits per heavy atom. The molecule has 2 aliphatic rings. The molecule has 0 spiro atoms. The molecule has 1 aromatic heterocycles. The maximum Gasteiger partial charge on any atom is 0.199 e. The minimum Gasteiger partial charge on any atom is -0.494 e. The van der Waals surface area contributed by atoms with Gasteiger partial charge in [0.25, 0.3) is 0 Å². The second-order valence-electron chi connectivity index (χ2n) is 8.32. The Morgan fingerprint density at radius 1 is 1.26 bits per heavy atom. The molecule has 0 radical (unpaired) electrons. The topological polar surface area (TPSA) is 82.0 Å². The summed E-state index contributed by atoms with van der Waals surface area (Å²) < 4.78 is 0.933. The average Bonchev–Trinajstić information content (AvgIpc) is 3.27. The molecule has 2 atom stereocenters. The van der Waals surface area contributed by atoms with Gasteiger partial charge in [-0.05, 0) is 62.9 Å². The van der Waals surface area contributed by atoms with E-state index in [4.69, 9.17) is 9.83 Å². The third-order valence-electron chi connectivity index (χ3n) is 6.10. The first-order chi connectivity index (χ1) is 15.1. The van der Waals surface area contributed by atoms with Crippen molar-refractivity contribution in [1.82, 2.24) is 10.3 Å². The monoisotopic (exact) mass is 480 g/mol. The van der Waals surface area contributed by atoms with Crippen molar-refractivity contribution >= 4 is 43.9 Å². The van der Waals surface area contributed by atoms with Crippen LogP contribution in [0.2, 0.25) is 0 Å². The number of aromatic amines is 1. The van der Waals surface area contributed by atoms with Crippen LogP contribution in [0.15, 0.2) is 57.1 Å². The number of hydrogen-bond donors (Lipinski definition) is 3. The van der Waals surface area contributed by atoms with Crippen molar-refractivity contribution in [3.05, 3.63) is 58.1 Å². The highest BCUT2D eigenvalue weighted by Crippen LogP contribution is 2.36. The van der Waals surface area contributed by atoms with E-state index in [-0.39, 0.29) is 5.88 Å². The van der Waals surface area contributed by atoms with E-state index in [1.54, 1.807) is 0 Å². The largest absolute Gasteiger partial charge is 0.494 e. The fourth-order valence-corrected chi connectivity index (χ4v) is 4.92. The van der Waals surface area contributed by atoms with E-state index < -0.39 is 0 Å². The minimum absolute atomic E-state index is 0.0797. The summed E-state index contributed by atoms with van der Waals surface area (Å²) in [6.45, 7) is 3.87. The predicted molar refractivity (Wildman–Crippen MR) is 128 cm³/mol. The molecule has 3 heterocycles. The molecule has 1 fully saturated rings. The van der Waals surface area contributed by atoms with Gasteiger partial charge < -0.3 is 20.2 Å². The van der Waals surface area contributed by atoms with E-state index in [0.717, 1.165) is 39.6 Å². The maximum atomic E-state index is 10.7. The van der Waals surface area contributed by atoms with Gasteiger partial charge in [0.2, 0.25) is 0 Å². The number of hydrogen-bond acceptors (Lipinski definition) is 5. The van der Waals surface area contributed by atoms with Gasteiger partial charge in [-0.25, -0.2) is 4.99 Å². The molecule has 1 saturated heterocycles. The summed E-state index contributed by atoms with van der Waals surface area (Å²) in [5.41, 5.74) is 4.51. The number of aliphatic imine (C=N–C) groups is 1. The number of oxime groups is 1. The lowest BCUT2D eigenvalue weighted by Gasteiger charge is -2.27. The van der Waals surface area contributed by atoms with Gasteiger partial charge in [0.05, 0.1) is 11.3 Å². The fourth-order valence-electron chi connectivity index (χ4n) is 4.56. The van der Waals surface area contributed by atoms with Crippen LogP contribution in [-0.2, 0) is 4.84 Å². The van der Waals surface area contributed by atoms with Crippen LogP contribution in [0, 0.1) is 5.92 Å². The molecule has 160 valence electrons. The Balaban J connectivity index is 1.44. The summed E-state index contributed by atoms with van der Waals surface area (Å²) in [7, 11) is 0. The zero-order chi connectivity index (χ0) is 21.4. The van der Waals surface area contributed by atoms with Crippen LogP contribution in [0.4, 0.5) is 5.69 Å². The van der Waals surface area contributed by atoms with Crippen LogP contribution in [0.3, 0.4) is 0 Å². The number of aromatic nitrogens is 1. The number of piperidine rings is 1. The Morgan fingerprint density at radius 2 is 2.13 bits per heavy atom. The number of aromatic hydroxyl groups is 1. The van der Waals surface area contributed by atoms with Crippen LogP contribution in [0.1, 0.15) is 37.3 Å². The van der Waals surface area contributed by atoms with Gasteiger partial charge in [-0.15, -0.1) is 0 Å². The van der Waals surface area contributed by atoms with Crippen LogP contribution in [0.25, 0.3) is 10.9 Å². The van der Waals surface area contributed by atoms with Crippen molar-refractivity contribution in [2.45, 2.75) is 32.2 Å². The number of rotatable bonds is 5. The van der Waals surface area contributed by atoms with Crippen molar-refractivity contribution in [2.24, 2.45) is 16.1 Å². The van der Waals surface area contributed by atoms with Crippen LogP contribution in [0.5, 0.6) is 5.88 Å². The van der Waals surface area contributed by atoms with E-state index in [1.807, 2.05) is 42.5 Å². The molecule has 2 aromatic carbocycles. The smallest absolute Gasteiger partial charge is 0.199 e. The third-order valence-corrected chi connectivity index (χ3v) is 6.59. The summed E-state index contributed by atoms with van der Waals surface area (Å²) in [6.07, 6.45) is 3.34. The Kier molecular flexibility index (Phi) is 5.54. The van der Waals surface area contributed by atoms with Gasteiger partial charge >= 0.3 is 0 Å². The van der Waals surface area contributed by atoms with Crippen LogP contribution < -0.4 is 5.32 Å². The van der Waals surface area contributed by atoms with Crippen molar-refractivity contribution in [1.29, 1.82) is 0 Å². The number of nitrogens with zero attached hydrogens (tertiary/aromatic N) is 2. The Labute approximate surface area is 189 Å². The molecule has 31 heavy (non-hydrogen) atoms. The normalized spacial score (nSPS) is 22.0. The maximum absolute atomic E-state index is 10.7. The van der Waals surface area contributed by atoms with Crippen LogP contribution in [-0.4, -0.2) is 40.7 Å². The molecule has 0 aliphatic carbocycles. The van der Waals surface area contributed by atoms with E-state index >= 15 is 0 Å². The molecule has 2 unspecified atom stereocenters. The first-order valence-electron chi connectivity index (χ1n) is 10.7. The summed E-state index contributed by atoms with van der Waals surface area (Å²) in [5, 5.41) is 19.6. The molecule has 0 amide bonds. The number of halogens is 1. The number of nitrogens with one attached hydrogen (secondary N) is 2. The van der Waals surface area contributed by atoms with E-state index in [0.29, 0.717) is 35.6 Å². The SMILES string of the molecule is CC1CC(CCON=C2C(c3c(O)[nH]c4ccc(Br)cc34)=Nc3ccccc32)CCN1. The lowest BCUT2D eigenvalue weighted by Crippen LogP contribution is -2.36. The molecular formula is C24H25BrN4O2. The summed E-state index contributed by atoms with van der Waals surface area (Å²) in [5.74, 6) is 0.742. The molecule has 2 aliphatic heterocycles. The standard InChI is InChI=1S/C24H25BrN4O2/c1-14-12-15(8-10-26-14)9-11-31-29-22-17-4-2-3-5-19(17)27-23(22)21-18-13-16(25)6-7-20(18)28-24(21)30/h2-7,13-15,26,28,30H,8-12H2,1H3. The Bertz CT molecular complexity index is 1180. The lowest BCUT2D eigenvalue weighted by molar-refractivity contribution is 0.120. The second kappa shape index (κ2) is 8.48. The van der Waals surface area contributed by atoms with Gasteiger partial charge in [-0.3, -0.25) is 0 Å². The van der Waals surface area contributed by atoms with E-state index in [2.05, 4.69) is 38.3 Å². The zero-order valence-electron chi connectivity index (χ0n) is 17.4. The minimum atomic E-state index is 0.0797. The second-order valence-corrected chi connectivity index (χ2v) is 9.24. The van der Waals surface area contributed by atoms with Crippen molar-refractivity contribution in [3.63, 3.8) is 0 Å². The van der Waals surface area contributed by atoms with E-state index in [9.17, 15) is 5.11 Å². The summed E-state index contributed by atoms with van der Waals surface area (Å²) in [6, 6.07) is 14.3. The fraction of sp³-hybridized carbons (Fsp3) is 0.333. The van der Waals surface area contributed by atoms with Gasteiger partial charge in [0.15, 0.2) is 5.88 Å². The molecule has 0 saturated carbocycles. The highest BCUT2D eigenvalue weighted by molar-refractivity contribution is 9.10. The highest BCUT2D eigenvalue weighted by atomic mass is 79.9. The van der Waals surface area contributed by atoms with Crippen molar-refractivity contribution in [3.8, 4) is 5.88 Å². The third kappa shape index (κ3) is 4.00. The quantitative estimate of drug-likeness (QED) is 0.343. The number of benzene rings is 2. The number of H-pyrrole nitrogens is 1. The van der Waals surface area contributed by atoms with Crippen molar-refractivity contribution < 1.29 is 9.94 Å². The van der Waals surface area contributed by atoms with Crippen LogP contribution >= 0.6 is 15.9 Å². The molecule has 6 nitrogen and oxygen atoms in total. The number of fused-ring (bicyclic) bond motifs is 2. The van der Waals surface area contributed by atoms with Gasteiger partial charge in [0, 0.05) is 27.0 Å². The van der Waals surface area contributed by atoms with Gasteiger partial charge in [0.1, 0.15) is 18.0 Å². The average molecular weight is 481 g/mol. The van der Waals surface area contributed by atoms with E-state index in [1.165, 1.54) is 12.8 Å². The zero-order valence-corrected chi connectivity index (χ0v) is 18.9.